The van der Waals surface area contributed by atoms with Gasteiger partial charge in [0.2, 0.25) is 0 Å². The van der Waals surface area contributed by atoms with Gasteiger partial charge in [-0.3, -0.25) is 9.38 Å². The van der Waals surface area contributed by atoms with Crippen molar-refractivity contribution in [3.05, 3.63) is 169 Å². The van der Waals surface area contributed by atoms with Crippen molar-refractivity contribution < 1.29 is 0 Å². The van der Waals surface area contributed by atoms with E-state index in [-0.39, 0.29) is 5.41 Å². The SMILES string of the molecule is CC1(C)c2ccccc2-c2cc3c4ccccc4n(-c4cccc(-c5ccc6c(c5)c5ccc7cccnc7c5c5nc7ccccc7n65)c4)c3cc21. The molecule has 4 heterocycles. The Bertz CT molecular complexity index is 3380. The van der Waals surface area contributed by atoms with Crippen molar-refractivity contribution in [3.63, 3.8) is 0 Å². The van der Waals surface area contributed by atoms with Crippen molar-refractivity contribution in [2.45, 2.75) is 19.3 Å². The van der Waals surface area contributed by atoms with Crippen LogP contribution in [0, 0.1) is 0 Å². The highest BCUT2D eigenvalue weighted by Crippen LogP contribution is 2.51. The summed E-state index contributed by atoms with van der Waals surface area (Å²) in [6.45, 7) is 4.72. The lowest BCUT2D eigenvalue weighted by molar-refractivity contribution is 0.661. The molecule has 0 atom stereocenters. The summed E-state index contributed by atoms with van der Waals surface area (Å²) in [7, 11) is 0. The largest absolute Gasteiger partial charge is 0.309 e. The Morgan fingerprint density at radius 2 is 1.32 bits per heavy atom. The summed E-state index contributed by atoms with van der Waals surface area (Å²) in [6, 6.07) is 55.6. The third-order valence-corrected chi connectivity index (χ3v) is 11.9. The summed E-state index contributed by atoms with van der Waals surface area (Å²) in [5.74, 6) is 0. The van der Waals surface area contributed by atoms with Crippen molar-refractivity contribution in [1.29, 1.82) is 0 Å². The van der Waals surface area contributed by atoms with Crippen LogP contribution < -0.4 is 0 Å². The van der Waals surface area contributed by atoms with Gasteiger partial charge in [-0.15, -0.1) is 0 Å². The molecule has 248 valence electrons. The average molecular weight is 677 g/mol. The van der Waals surface area contributed by atoms with Crippen LogP contribution in [0.3, 0.4) is 0 Å². The van der Waals surface area contributed by atoms with Gasteiger partial charge in [0, 0.05) is 38.8 Å². The molecule has 4 aromatic heterocycles. The Morgan fingerprint density at radius 1 is 0.509 bits per heavy atom. The van der Waals surface area contributed by atoms with Gasteiger partial charge in [0.15, 0.2) is 0 Å². The van der Waals surface area contributed by atoms with Crippen LogP contribution in [-0.2, 0) is 5.41 Å². The number of rotatable bonds is 2. The van der Waals surface area contributed by atoms with Crippen molar-refractivity contribution in [3.8, 4) is 27.9 Å². The maximum Gasteiger partial charge on any atom is 0.148 e. The highest BCUT2D eigenvalue weighted by atomic mass is 15.0. The second kappa shape index (κ2) is 10.2. The van der Waals surface area contributed by atoms with E-state index in [0.717, 1.165) is 49.6 Å². The first kappa shape index (κ1) is 28.9. The number of nitrogens with zero attached hydrogens (tertiary/aromatic N) is 4. The molecule has 12 rings (SSSR count). The Kier molecular flexibility index (Phi) is 5.54. The second-order valence-corrected chi connectivity index (χ2v) is 15.0. The molecule has 1 aliphatic carbocycles. The van der Waals surface area contributed by atoms with Gasteiger partial charge in [-0.25, -0.2) is 4.98 Å². The van der Waals surface area contributed by atoms with Crippen LogP contribution in [0.25, 0.3) is 99.0 Å². The van der Waals surface area contributed by atoms with Crippen molar-refractivity contribution in [2.24, 2.45) is 0 Å². The molecule has 0 fully saturated rings. The van der Waals surface area contributed by atoms with Crippen LogP contribution in [0.2, 0.25) is 0 Å². The molecule has 0 saturated heterocycles. The van der Waals surface area contributed by atoms with E-state index in [4.69, 9.17) is 9.97 Å². The molecule has 0 spiro atoms. The topological polar surface area (TPSA) is 35.1 Å². The average Bonchev–Trinajstić information content (AvgIpc) is 3.83. The Labute approximate surface area is 305 Å². The molecule has 0 radical (unpaired) electrons. The fraction of sp³-hybridized carbons (Fsp3) is 0.0612. The molecule has 0 unspecified atom stereocenters. The first-order valence-corrected chi connectivity index (χ1v) is 18.3. The van der Waals surface area contributed by atoms with Crippen LogP contribution in [0.5, 0.6) is 0 Å². The first-order valence-electron chi connectivity index (χ1n) is 18.3. The maximum atomic E-state index is 5.18. The summed E-state index contributed by atoms with van der Waals surface area (Å²) < 4.78 is 4.78. The minimum absolute atomic E-state index is 0.0794. The van der Waals surface area contributed by atoms with Gasteiger partial charge in [-0.2, -0.15) is 0 Å². The summed E-state index contributed by atoms with van der Waals surface area (Å²) >= 11 is 0. The molecule has 53 heavy (non-hydrogen) atoms. The van der Waals surface area contributed by atoms with Gasteiger partial charge in [0.05, 0.1) is 38.5 Å². The molecule has 4 nitrogen and oxygen atoms in total. The lowest BCUT2D eigenvalue weighted by Gasteiger charge is -2.21. The van der Waals surface area contributed by atoms with E-state index in [0.29, 0.717) is 0 Å². The van der Waals surface area contributed by atoms with Gasteiger partial charge in [-0.05, 0) is 99.4 Å². The molecule has 0 bridgehead atoms. The predicted octanol–water partition coefficient (Wildman–Crippen LogP) is 12.4. The fourth-order valence-corrected chi connectivity index (χ4v) is 9.43. The van der Waals surface area contributed by atoms with Crippen molar-refractivity contribution in [2.75, 3.05) is 0 Å². The number of fused-ring (bicyclic) bond motifs is 16. The molecule has 0 N–H and O–H groups in total. The number of hydrogen-bond donors (Lipinski definition) is 0. The van der Waals surface area contributed by atoms with E-state index < -0.39 is 0 Å². The molecule has 1 aliphatic rings. The minimum Gasteiger partial charge on any atom is -0.309 e. The monoisotopic (exact) mass is 676 g/mol. The first-order chi connectivity index (χ1) is 26.0. The lowest BCUT2D eigenvalue weighted by Crippen LogP contribution is -2.14. The number of imidazole rings is 1. The van der Waals surface area contributed by atoms with E-state index in [2.05, 4.69) is 168 Å². The summed E-state index contributed by atoms with van der Waals surface area (Å²) in [5.41, 5.74) is 16.5. The quantitative estimate of drug-likeness (QED) is 0.171. The smallest absolute Gasteiger partial charge is 0.148 e. The molecule has 0 amide bonds. The molecule has 0 aliphatic heterocycles. The van der Waals surface area contributed by atoms with E-state index >= 15 is 0 Å². The summed E-state index contributed by atoms with van der Waals surface area (Å²) in [6.07, 6.45) is 1.88. The van der Waals surface area contributed by atoms with Gasteiger partial charge in [0.1, 0.15) is 5.65 Å². The van der Waals surface area contributed by atoms with Gasteiger partial charge in [-0.1, -0.05) is 105 Å². The molecule has 4 heteroatoms. The molecular formula is C49H32N4. The minimum atomic E-state index is -0.0794. The molecule has 7 aromatic carbocycles. The van der Waals surface area contributed by atoms with E-state index in [1.165, 1.54) is 60.6 Å². The highest BCUT2D eigenvalue weighted by molar-refractivity contribution is 6.22. The van der Waals surface area contributed by atoms with Crippen LogP contribution in [0.15, 0.2) is 158 Å². The van der Waals surface area contributed by atoms with Crippen LogP contribution in [0.4, 0.5) is 0 Å². The number of aromatic nitrogens is 4. The third-order valence-electron chi connectivity index (χ3n) is 11.9. The zero-order chi connectivity index (χ0) is 35.0. The summed E-state index contributed by atoms with van der Waals surface area (Å²) in [5, 5.41) is 7.09. The van der Waals surface area contributed by atoms with Crippen molar-refractivity contribution in [1.82, 2.24) is 18.9 Å². The van der Waals surface area contributed by atoms with Gasteiger partial charge < -0.3 is 4.57 Å². The Balaban J connectivity index is 1.10. The fourth-order valence-electron chi connectivity index (χ4n) is 9.43. The molecule has 0 saturated carbocycles. The molecular weight excluding hydrogens is 645 g/mol. The Morgan fingerprint density at radius 3 is 2.26 bits per heavy atom. The maximum absolute atomic E-state index is 5.18. The second-order valence-electron chi connectivity index (χ2n) is 15.0. The normalized spacial score (nSPS) is 13.6. The number of pyridine rings is 2. The standard InChI is InChI=1S/C49H32N4/c1-49(2)39-16-5-3-14-33(39)36-27-38-34-15-4-7-18-42(34)52(45(38)28-40(36)49)32-13-9-11-30(25-32)31-21-23-43-37(26-31)35-22-20-29-12-10-24-50-47(29)46(35)48-51-41-17-6-8-19-44(41)53(43)48/h3-28H,1-2H3. The van der Waals surface area contributed by atoms with Crippen LogP contribution in [-0.4, -0.2) is 18.9 Å². The zero-order valence-electron chi connectivity index (χ0n) is 29.3. The Hall–Kier alpha value is -6.78. The van der Waals surface area contributed by atoms with Gasteiger partial charge >= 0.3 is 0 Å². The van der Waals surface area contributed by atoms with E-state index in [9.17, 15) is 0 Å². The zero-order valence-corrected chi connectivity index (χ0v) is 29.3. The van der Waals surface area contributed by atoms with Crippen LogP contribution >= 0.6 is 0 Å². The lowest BCUT2D eigenvalue weighted by atomic mass is 9.82. The van der Waals surface area contributed by atoms with E-state index in [1.807, 2.05) is 12.3 Å². The summed E-state index contributed by atoms with van der Waals surface area (Å²) in [4.78, 5) is 10.1. The van der Waals surface area contributed by atoms with Gasteiger partial charge in [0.25, 0.3) is 0 Å². The van der Waals surface area contributed by atoms with Crippen molar-refractivity contribution >= 4 is 71.1 Å². The number of benzene rings is 7. The molecule has 11 aromatic rings. The van der Waals surface area contributed by atoms with Crippen LogP contribution in [0.1, 0.15) is 25.0 Å². The number of hydrogen-bond acceptors (Lipinski definition) is 2. The highest BCUT2D eigenvalue weighted by Gasteiger charge is 2.36. The third kappa shape index (κ3) is 3.79. The predicted molar refractivity (Wildman–Crippen MR) is 220 cm³/mol. The number of para-hydroxylation sites is 3. The van der Waals surface area contributed by atoms with E-state index in [1.54, 1.807) is 0 Å².